The summed E-state index contributed by atoms with van der Waals surface area (Å²) in [6.07, 6.45) is 0. The number of hydrogen-bond donors (Lipinski definition) is 1. The molecule has 0 aliphatic rings. The summed E-state index contributed by atoms with van der Waals surface area (Å²) in [7, 11) is 1.74. The molecule has 0 saturated carbocycles. The van der Waals surface area contributed by atoms with Crippen LogP contribution in [0, 0.1) is 0 Å². The van der Waals surface area contributed by atoms with Gasteiger partial charge < -0.3 is 10.5 Å². The Bertz CT molecular complexity index is 275. The van der Waals surface area contributed by atoms with Gasteiger partial charge in [0.05, 0.1) is 12.6 Å². The van der Waals surface area contributed by atoms with Crippen molar-refractivity contribution in [2.45, 2.75) is 25.9 Å². The van der Waals surface area contributed by atoms with Crippen molar-refractivity contribution in [3.63, 3.8) is 0 Å². The predicted molar refractivity (Wildman–Crippen MR) is 69.8 cm³/mol. The molecule has 4 heteroatoms. The van der Waals surface area contributed by atoms with Crippen LogP contribution in [-0.4, -0.2) is 37.7 Å². The summed E-state index contributed by atoms with van der Waals surface area (Å²) in [5.74, 6) is 0. The average Bonchev–Trinajstić information content (AvgIpc) is 2.76. The highest BCUT2D eigenvalue weighted by Crippen LogP contribution is 2.25. The lowest BCUT2D eigenvalue weighted by atomic mass is 10.1. The molecule has 3 nitrogen and oxygen atoms in total. The second kappa shape index (κ2) is 7.01. The van der Waals surface area contributed by atoms with Gasteiger partial charge in [-0.1, -0.05) is 6.07 Å². The lowest BCUT2D eigenvalue weighted by Gasteiger charge is -2.33. The molecular weight excluding hydrogens is 220 g/mol. The first-order chi connectivity index (χ1) is 7.70. The summed E-state index contributed by atoms with van der Waals surface area (Å²) in [6.45, 7) is 6.73. The van der Waals surface area contributed by atoms with Gasteiger partial charge in [0.25, 0.3) is 0 Å². The zero-order chi connectivity index (χ0) is 12.0. The number of nitrogens with zero attached hydrogens (tertiary/aromatic N) is 1. The van der Waals surface area contributed by atoms with Gasteiger partial charge in [-0.3, -0.25) is 4.90 Å². The number of ether oxygens (including phenoxy) is 1. The van der Waals surface area contributed by atoms with Gasteiger partial charge in [-0.15, -0.1) is 11.3 Å². The lowest BCUT2D eigenvalue weighted by molar-refractivity contribution is 0.0992. The molecule has 0 amide bonds. The molecular formula is C12H22N2OS. The Hall–Kier alpha value is -0.420. The third-order valence-corrected chi connectivity index (χ3v) is 3.69. The van der Waals surface area contributed by atoms with E-state index in [2.05, 4.69) is 36.3 Å². The van der Waals surface area contributed by atoms with Crippen LogP contribution < -0.4 is 5.73 Å². The van der Waals surface area contributed by atoms with Crippen LogP contribution in [0.4, 0.5) is 0 Å². The van der Waals surface area contributed by atoms with Crippen molar-refractivity contribution in [2.75, 3.05) is 26.8 Å². The Kier molecular flexibility index (Phi) is 5.98. The SMILES string of the molecule is COCCN(C(C)C)C(CN)c1cccs1. The molecule has 1 rings (SSSR count). The molecule has 16 heavy (non-hydrogen) atoms. The molecule has 1 heterocycles. The van der Waals surface area contributed by atoms with Crippen LogP contribution in [0.2, 0.25) is 0 Å². The highest BCUT2D eigenvalue weighted by molar-refractivity contribution is 7.10. The first-order valence-electron chi connectivity index (χ1n) is 5.68. The number of rotatable bonds is 7. The van der Waals surface area contributed by atoms with Gasteiger partial charge in [0, 0.05) is 31.1 Å². The molecule has 1 unspecified atom stereocenters. The van der Waals surface area contributed by atoms with E-state index in [-0.39, 0.29) is 0 Å². The third kappa shape index (κ3) is 3.56. The second-order valence-electron chi connectivity index (χ2n) is 4.09. The van der Waals surface area contributed by atoms with Crippen LogP contribution in [0.25, 0.3) is 0 Å². The maximum absolute atomic E-state index is 5.90. The van der Waals surface area contributed by atoms with E-state index in [1.807, 2.05) is 0 Å². The summed E-state index contributed by atoms with van der Waals surface area (Å²) in [4.78, 5) is 3.74. The molecule has 0 radical (unpaired) electrons. The Balaban J connectivity index is 2.73. The molecule has 0 aromatic carbocycles. The van der Waals surface area contributed by atoms with Gasteiger partial charge >= 0.3 is 0 Å². The molecule has 0 saturated heterocycles. The summed E-state index contributed by atoms with van der Waals surface area (Å²) in [6, 6.07) is 5.03. The Morgan fingerprint density at radius 1 is 1.50 bits per heavy atom. The van der Waals surface area contributed by atoms with E-state index >= 15 is 0 Å². The van der Waals surface area contributed by atoms with Gasteiger partial charge in [0.2, 0.25) is 0 Å². The van der Waals surface area contributed by atoms with E-state index in [1.165, 1.54) is 4.88 Å². The first kappa shape index (κ1) is 13.6. The van der Waals surface area contributed by atoms with Crippen molar-refractivity contribution in [2.24, 2.45) is 5.73 Å². The minimum absolute atomic E-state index is 0.315. The Labute approximate surface area is 102 Å². The van der Waals surface area contributed by atoms with Crippen LogP contribution in [0.5, 0.6) is 0 Å². The second-order valence-corrected chi connectivity index (χ2v) is 5.07. The smallest absolute Gasteiger partial charge is 0.0590 e. The minimum atomic E-state index is 0.315. The summed E-state index contributed by atoms with van der Waals surface area (Å²) in [5.41, 5.74) is 5.90. The molecule has 92 valence electrons. The zero-order valence-corrected chi connectivity index (χ0v) is 11.2. The zero-order valence-electron chi connectivity index (χ0n) is 10.3. The van der Waals surface area contributed by atoms with Crippen molar-refractivity contribution in [3.8, 4) is 0 Å². The van der Waals surface area contributed by atoms with Crippen LogP contribution in [0.3, 0.4) is 0 Å². The number of thiophene rings is 1. The van der Waals surface area contributed by atoms with Crippen molar-refractivity contribution >= 4 is 11.3 Å². The topological polar surface area (TPSA) is 38.5 Å². The van der Waals surface area contributed by atoms with E-state index in [9.17, 15) is 0 Å². The van der Waals surface area contributed by atoms with Gasteiger partial charge in [0.15, 0.2) is 0 Å². The molecule has 1 atom stereocenters. The molecule has 0 fully saturated rings. The quantitative estimate of drug-likeness (QED) is 0.796. The largest absolute Gasteiger partial charge is 0.383 e. The molecule has 0 aliphatic heterocycles. The minimum Gasteiger partial charge on any atom is -0.383 e. The van der Waals surface area contributed by atoms with E-state index in [0.717, 1.165) is 13.2 Å². The fourth-order valence-corrected chi connectivity index (χ4v) is 2.73. The van der Waals surface area contributed by atoms with Crippen molar-refractivity contribution in [1.82, 2.24) is 4.90 Å². The Morgan fingerprint density at radius 2 is 2.25 bits per heavy atom. The highest BCUT2D eigenvalue weighted by atomic mass is 32.1. The predicted octanol–water partition coefficient (Wildman–Crippen LogP) is 2.10. The maximum atomic E-state index is 5.90. The van der Waals surface area contributed by atoms with Gasteiger partial charge in [-0.05, 0) is 25.3 Å². The van der Waals surface area contributed by atoms with E-state index in [1.54, 1.807) is 18.4 Å². The highest BCUT2D eigenvalue weighted by Gasteiger charge is 2.21. The van der Waals surface area contributed by atoms with E-state index < -0.39 is 0 Å². The molecule has 1 aromatic heterocycles. The third-order valence-electron chi connectivity index (χ3n) is 2.71. The number of nitrogens with two attached hydrogens (primary N) is 1. The molecule has 0 bridgehead atoms. The summed E-state index contributed by atoms with van der Waals surface area (Å²) >= 11 is 1.77. The fraction of sp³-hybridized carbons (Fsp3) is 0.667. The number of methoxy groups -OCH3 is 1. The summed E-state index contributed by atoms with van der Waals surface area (Å²) < 4.78 is 5.16. The standard InChI is InChI=1S/C12H22N2OS/c1-10(2)14(6-7-15-3)11(9-13)12-5-4-8-16-12/h4-5,8,10-11H,6-7,9,13H2,1-3H3. The molecule has 0 aliphatic carbocycles. The van der Waals surface area contributed by atoms with Crippen molar-refractivity contribution < 1.29 is 4.74 Å². The molecule has 1 aromatic rings. The van der Waals surface area contributed by atoms with Gasteiger partial charge in [0.1, 0.15) is 0 Å². The maximum Gasteiger partial charge on any atom is 0.0590 e. The average molecular weight is 242 g/mol. The number of hydrogen-bond acceptors (Lipinski definition) is 4. The normalized spacial score (nSPS) is 13.6. The fourth-order valence-electron chi connectivity index (χ4n) is 1.87. The van der Waals surface area contributed by atoms with Gasteiger partial charge in [-0.25, -0.2) is 0 Å². The van der Waals surface area contributed by atoms with Crippen LogP contribution >= 0.6 is 11.3 Å². The Morgan fingerprint density at radius 3 is 2.69 bits per heavy atom. The molecule has 0 spiro atoms. The van der Waals surface area contributed by atoms with Crippen LogP contribution in [-0.2, 0) is 4.74 Å². The van der Waals surface area contributed by atoms with Crippen LogP contribution in [0.1, 0.15) is 24.8 Å². The van der Waals surface area contributed by atoms with Crippen LogP contribution in [0.15, 0.2) is 17.5 Å². The monoisotopic (exact) mass is 242 g/mol. The van der Waals surface area contributed by atoms with E-state index in [0.29, 0.717) is 18.6 Å². The van der Waals surface area contributed by atoms with Gasteiger partial charge in [-0.2, -0.15) is 0 Å². The van der Waals surface area contributed by atoms with E-state index in [4.69, 9.17) is 10.5 Å². The summed E-state index contributed by atoms with van der Waals surface area (Å²) in [5, 5.41) is 2.10. The lowest BCUT2D eigenvalue weighted by Crippen LogP contribution is -2.40. The van der Waals surface area contributed by atoms with Crippen molar-refractivity contribution in [3.05, 3.63) is 22.4 Å². The van der Waals surface area contributed by atoms with Crippen molar-refractivity contribution in [1.29, 1.82) is 0 Å². The first-order valence-corrected chi connectivity index (χ1v) is 6.56. The molecule has 2 N–H and O–H groups in total.